The van der Waals surface area contributed by atoms with Crippen LogP contribution in [-0.2, 0) is 11.3 Å². The Morgan fingerprint density at radius 3 is 2.68 bits per heavy atom. The SMILES string of the molecule is CCCn1nnc2cc(C(=O)N[C@@H](C)C(=O)Nc3ccc(F)cc3F)ccc21. The van der Waals surface area contributed by atoms with E-state index < -0.39 is 29.5 Å². The zero-order valence-corrected chi connectivity index (χ0v) is 15.4. The van der Waals surface area contributed by atoms with E-state index in [2.05, 4.69) is 20.9 Å². The van der Waals surface area contributed by atoms with E-state index in [-0.39, 0.29) is 5.69 Å². The van der Waals surface area contributed by atoms with Gasteiger partial charge in [0.05, 0.1) is 11.2 Å². The molecule has 146 valence electrons. The van der Waals surface area contributed by atoms with E-state index >= 15 is 0 Å². The second-order valence-electron chi connectivity index (χ2n) is 6.32. The van der Waals surface area contributed by atoms with Crippen LogP contribution >= 0.6 is 0 Å². The van der Waals surface area contributed by atoms with Gasteiger partial charge in [-0.15, -0.1) is 5.10 Å². The number of anilines is 1. The van der Waals surface area contributed by atoms with E-state index in [4.69, 9.17) is 0 Å². The highest BCUT2D eigenvalue weighted by Gasteiger charge is 2.19. The smallest absolute Gasteiger partial charge is 0.251 e. The van der Waals surface area contributed by atoms with Crippen LogP contribution in [0.4, 0.5) is 14.5 Å². The van der Waals surface area contributed by atoms with Crippen LogP contribution in [0.3, 0.4) is 0 Å². The first-order valence-electron chi connectivity index (χ1n) is 8.79. The Morgan fingerprint density at radius 1 is 1.18 bits per heavy atom. The van der Waals surface area contributed by atoms with Gasteiger partial charge in [0.25, 0.3) is 5.91 Å². The first kappa shape index (κ1) is 19.4. The summed E-state index contributed by atoms with van der Waals surface area (Å²) in [7, 11) is 0. The van der Waals surface area contributed by atoms with Crippen molar-refractivity contribution in [2.45, 2.75) is 32.9 Å². The second-order valence-corrected chi connectivity index (χ2v) is 6.32. The molecule has 0 unspecified atom stereocenters. The number of nitrogens with one attached hydrogen (secondary N) is 2. The number of hydrogen-bond donors (Lipinski definition) is 2. The zero-order valence-electron chi connectivity index (χ0n) is 15.4. The normalized spacial score (nSPS) is 12.0. The van der Waals surface area contributed by atoms with Gasteiger partial charge >= 0.3 is 0 Å². The van der Waals surface area contributed by atoms with Crippen molar-refractivity contribution in [3.8, 4) is 0 Å². The van der Waals surface area contributed by atoms with Crippen molar-refractivity contribution in [1.82, 2.24) is 20.3 Å². The molecule has 3 aromatic rings. The fourth-order valence-electron chi connectivity index (χ4n) is 2.67. The molecule has 0 spiro atoms. The summed E-state index contributed by atoms with van der Waals surface area (Å²) < 4.78 is 28.3. The molecule has 0 saturated heterocycles. The quantitative estimate of drug-likeness (QED) is 0.681. The zero-order chi connectivity index (χ0) is 20.3. The van der Waals surface area contributed by atoms with Crippen LogP contribution in [0.25, 0.3) is 11.0 Å². The maximum atomic E-state index is 13.6. The maximum Gasteiger partial charge on any atom is 0.251 e. The molecule has 2 amide bonds. The van der Waals surface area contributed by atoms with Crippen LogP contribution in [0, 0.1) is 11.6 Å². The molecular formula is C19H19F2N5O2. The van der Waals surface area contributed by atoms with E-state index in [1.807, 2.05) is 6.92 Å². The molecule has 0 aliphatic heterocycles. The highest BCUT2D eigenvalue weighted by atomic mass is 19.1. The van der Waals surface area contributed by atoms with Gasteiger partial charge in [0.15, 0.2) is 0 Å². The standard InChI is InChI=1S/C19H19F2N5O2/c1-3-8-26-17-7-4-12(9-16(17)24-25-26)19(28)22-11(2)18(27)23-15-6-5-13(20)10-14(15)21/h4-7,9-11H,3,8H2,1-2H3,(H,22,28)(H,23,27)/t11-/m0/s1. The number of aryl methyl sites for hydroxylation is 1. The lowest BCUT2D eigenvalue weighted by Crippen LogP contribution is -2.41. The first-order chi connectivity index (χ1) is 13.4. The van der Waals surface area contributed by atoms with Gasteiger partial charge in [0, 0.05) is 18.2 Å². The van der Waals surface area contributed by atoms with Gasteiger partial charge in [0.2, 0.25) is 5.91 Å². The lowest BCUT2D eigenvalue weighted by atomic mass is 10.1. The minimum Gasteiger partial charge on any atom is -0.341 e. The predicted molar refractivity (Wildman–Crippen MR) is 99.7 cm³/mol. The Bertz CT molecular complexity index is 1030. The third kappa shape index (κ3) is 4.13. The van der Waals surface area contributed by atoms with E-state index in [0.29, 0.717) is 17.1 Å². The molecule has 1 aromatic heterocycles. The Morgan fingerprint density at radius 2 is 1.96 bits per heavy atom. The van der Waals surface area contributed by atoms with Crippen LogP contribution in [-0.4, -0.2) is 32.9 Å². The molecule has 0 bridgehead atoms. The Kier molecular flexibility index (Phi) is 5.62. The summed E-state index contributed by atoms with van der Waals surface area (Å²) in [5.74, 6) is -2.75. The van der Waals surface area contributed by atoms with Gasteiger partial charge in [-0.3, -0.25) is 9.59 Å². The molecule has 2 aromatic carbocycles. The number of amides is 2. The van der Waals surface area contributed by atoms with Crippen molar-refractivity contribution in [2.75, 3.05) is 5.32 Å². The van der Waals surface area contributed by atoms with Gasteiger partial charge in [-0.1, -0.05) is 12.1 Å². The number of nitrogens with zero attached hydrogens (tertiary/aromatic N) is 3. The Labute approximate surface area is 159 Å². The first-order valence-corrected chi connectivity index (χ1v) is 8.79. The van der Waals surface area contributed by atoms with Gasteiger partial charge in [-0.05, 0) is 43.7 Å². The number of fused-ring (bicyclic) bond motifs is 1. The summed E-state index contributed by atoms with van der Waals surface area (Å²) in [6.07, 6.45) is 0.905. The molecule has 7 nitrogen and oxygen atoms in total. The average Bonchev–Trinajstić information content (AvgIpc) is 3.06. The van der Waals surface area contributed by atoms with E-state index in [1.54, 1.807) is 22.9 Å². The van der Waals surface area contributed by atoms with Crippen molar-refractivity contribution < 1.29 is 18.4 Å². The van der Waals surface area contributed by atoms with Crippen LogP contribution < -0.4 is 10.6 Å². The van der Waals surface area contributed by atoms with E-state index in [0.717, 1.165) is 30.6 Å². The van der Waals surface area contributed by atoms with Crippen molar-refractivity contribution >= 4 is 28.5 Å². The van der Waals surface area contributed by atoms with E-state index in [1.165, 1.54) is 6.92 Å². The maximum absolute atomic E-state index is 13.6. The number of hydrogen-bond acceptors (Lipinski definition) is 4. The van der Waals surface area contributed by atoms with Crippen molar-refractivity contribution in [1.29, 1.82) is 0 Å². The molecule has 0 fully saturated rings. The Hall–Kier alpha value is -3.36. The summed E-state index contributed by atoms with van der Waals surface area (Å²) >= 11 is 0. The number of rotatable bonds is 6. The van der Waals surface area contributed by atoms with Gasteiger partial charge in [0.1, 0.15) is 23.2 Å². The minimum absolute atomic E-state index is 0.165. The fourth-order valence-corrected chi connectivity index (χ4v) is 2.67. The molecule has 2 N–H and O–H groups in total. The van der Waals surface area contributed by atoms with Gasteiger partial charge in [-0.2, -0.15) is 0 Å². The van der Waals surface area contributed by atoms with Crippen LogP contribution in [0.1, 0.15) is 30.6 Å². The number of halogens is 2. The number of carbonyl (C=O) groups excluding carboxylic acids is 2. The fraction of sp³-hybridized carbons (Fsp3) is 0.263. The minimum atomic E-state index is -0.941. The molecule has 1 heterocycles. The number of aromatic nitrogens is 3. The van der Waals surface area contributed by atoms with Crippen molar-refractivity contribution in [3.63, 3.8) is 0 Å². The summed E-state index contributed by atoms with van der Waals surface area (Å²) in [5, 5.41) is 13.0. The average molecular weight is 387 g/mol. The third-order valence-corrected chi connectivity index (χ3v) is 4.14. The van der Waals surface area contributed by atoms with Crippen molar-refractivity contribution in [2.24, 2.45) is 0 Å². The lowest BCUT2D eigenvalue weighted by molar-refractivity contribution is -0.117. The van der Waals surface area contributed by atoms with Crippen LogP contribution in [0.5, 0.6) is 0 Å². The molecular weight excluding hydrogens is 368 g/mol. The molecule has 9 heteroatoms. The molecule has 1 atom stereocenters. The summed E-state index contributed by atoms with van der Waals surface area (Å²) in [4.78, 5) is 24.6. The number of carbonyl (C=O) groups is 2. The highest BCUT2D eigenvalue weighted by molar-refractivity contribution is 6.02. The second kappa shape index (κ2) is 8.12. The van der Waals surface area contributed by atoms with E-state index in [9.17, 15) is 18.4 Å². The summed E-state index contributed by atoms with van der Waals surface area (Å²) in [6.45, 7) is 4.21. The summed E-state index contributed by atoms with van der Waals surface area (Å²) in [5.41, 5.74) is 1.55. The molecule has 0 aliphatic carbocycles. The number of benzene rings is 2. The molecule has 0 aliphatic rings. The molecule has 3 rings (SSSR count). The predicted octanol–water partition coefficient (Wildman–Crippen LogP) is 2.88. The highest BCUT2D eigenvalue weighted by Crippen LogP contribution is 2.16. The molecule has 0 saturated carbocycles. The summed E-state index contributed by atoms with van der Waals surface area (Å²) in [6, 6.07) is 6.83. The third-order valence-electron chi connectivity index (χ3n) is 4.14. The molecule has 0 radical (unpaired) electrons. The molecule has 28 heavy (non-hydrogen) atoms. The van der Waals surface area contributed by atoms with Gasteiger partial charge < -0.3 is 10.6 Å². The van der Waals surface area contributed by atoms with Crippen LogP contribution in [0.15, 0.2) is 36.4 Å². The Balaban J connectivity index is 1.67. The van der Waals surface area contributed by atoms with Crippen molar-refractivity contribution in [3.05, 3.63) is 53.6 Å². The van der Waals surface area contributed by atoms with Crippen LogP contribution in [0.2, 0.25) is 0 Å². The topological polar surface area (TPSA) is 88.9 Å². The lowest BCUT2D eigenvalue weighted by Gasteiger charge is -2.14. The van der Waals surface area contributed by atoms with Gasteiger partial charge in [-0.25, -0.2) is 13.5 Å². The largest absolute Gasteiger partial charge is 0.341 e. The monoisotopic (exact) mass is 387 g/mol.